The molecule has 0 N–H and O–H groups in total. The van der Waals surface area contributed by atoms with Gasteiger partial charge in [-0.1, -0.05) is 12.1 Å². The minimum absolute atomic E-state index is 0.0557. The highest BCUT2D eigenvalue weighted by Gasteiger charge is 2.40. The monoisotopic (exact) mass is 557 g/mol. The molecule has 0 aliphatic carbocycles. The third-order valence-corrected chi connectivity index (χ3v) is 5.55. The molecule has 15 heteroatoms. The molecule has 3 nitrogen and oxygen atoms in total. The fourth-order valence-electron chi connectivity index (χ4n) is 3.76. The lowest BCUT2D eigenvalue weighted by Gasteiger charge is -2.22. The molecular formula is C23H11F12N3. The summed E-state index contributed by atoms with van der Waals surface area (Å²) in [5.74, 6) is 0. The van der Waals surface area contributed by atoms with Crippen LogP contribution in [0.2, 0.25) is 0 Å². The van der Waals surface area contributed by atoms with Gasteiger partial charge in [0.1, 0.15) is 11.4 Å². The third-order valence-electron chi connectivity index (χ3n) is 5.55. The quantitative estimate of drug-likeness (QED) is 0.231. The number of hydrogen-bond donors (Lipinski definition) is 0. The summed E-state index contributed by atoms with van der Waals surface area (Å²) >= 11 is 0. The molecule has 4 aromatic rings. The molecule has 0 atom stereocenters. The summed E-state index contributed by atoms with van der Waals surface area (Å²) in [6.07, 6.45) is -20.7. The largest absolute Gasteiger partial charge is 0.433 e. The van der Waals surface area contributed by atoms with E-state index in [4.69, 9.17) is 0 Å². The molecule has 0 amide bonds. The summed E-state index contributed by atoms with van der Waals surface area (Å²) in [6.45, 7) is 0. The molecule has 0 fully saturated rings. The van der Waals surface area contributed by atoms with Gasteiger partial charge >= 0.3 is 24.7 Å². The molecule has 0 aliphatic heterocycles. The zero-order valence-corrected chi connectivity index (χ0v) is 18.5. The highest BCUT2D eigenvalue weighted by molar-refractivity contribution is 5.90. The second-order valence-electron chi connectivity index (χ2n) is 8.06. The molecule has 2 heterocycles. The minimum atomic E-state index is -5.20. The summed E-state index contributed by atoms with van der Waals surface area (Å²) in [5.41, 5.74) is -8.25. The van der Waals surface area contributed by atoms with Crippen molar-refractivity contribution in [3.8, 4) is 0 Å². The van der Waals surface area contributed by atoms with Crippen LogP contribution in [0, 0.1) is 0 Å². The van der Waals surface area contributed by atoms with Crippen molar-refractivity contribution in [2.45, 2.75) is 24.7 Å². The van der Waals surface area contributed by atoms with E-state index in [1.165, 1.54) is 7.05 Å². The van der Waals surface area contributed by atoms with Crippen LogP contribution in [0.3, 0.4) is 0 Å². The number of benzene rings is 2. The van der Waals surface area contributed by atoms with Gasteiger partial charge in [-0.05, 0) is 36.4 Å². The van der Waals surface area contributed by atoms with Gasteiger partial charge < -0.3 is 4.90 Å². The Bertz CT molecular complexity index is 1420. The second kappa shape index (κ2) is 8.63. The van der Waals surface area contributed by atoms with Crippen LogP contribution in [-0.4, -0.2) is 17.0 Å². The number of pyridine rings is 2. The van der Waals surface area contributed by atoms with Crippen molar-refractivity contribution in [2.75, 3.05) is 11.9 Å². The number of anilines is 2. The highest BCUT2D eigenvalue weighted by Crippen LogP contribution is 2.42. The topological polar surface area (TPSA) is 29.0 Å². The molecule has 0 radical (unpaired) electrons. The Morgan fingerprint density at radius 2 is 0.842 bits per heavy atom. The summed E-state index contributed by atoms with van der Waals surface area (Å²) in [7, 11) is 1.25. The van der Waals surface area contributed by atoms with E-state index in [-0.39, 0.29) is 23.5 Å². The Labute approximate surface area is 204 Å². The molecule has 0 spiro atoms. The first-order valence-corrected chi connectivity index (χ1v) is 10.2. The first-order valence-electron chi connectivity index (χ1n) is 10.2. The number of fused-ring (bicyclic) bond motifs is 2. The van der Waals surface area contributed by atoms with E-state index in [1.54, 1.807) is 0 Å². The van der Waals surface area contributed by atoms with Crippen LogP contribution in [0.25, 0.3) is 21.8 Å². The van der Waals surface area contributed by atoms with Crippen molar-refractivity contribution in [1.29, 1.82) is 0 Å². The SMILES string of the molecule is CN(c1ccc2c(C(F)(F)F)cc(C(F)(F)F)nc2c1)c1ccc2c(C(F)(F)F)cc(C(F)(F)F)nc2c1. The van der Waals surface area contributed by atoms with Gasteiger partial charge in [-0.2, -0.15) is 52.7 Å². The Balaban J connectivity index is 1.87. The standard InChI is InChI=1S/C23H11F12N3/c1-38(10-2-4-12-14(20(24,25)26)8-18(22(30,31)32)36-16(12)6-10)11-3-5-13-15(21(27,28)29)9-19(23(33,34)35)37-17(13)7-11/h2-9H,1H3. The van der Waals surface area contributed by atoms with Crippen LogP contribution < -0.4 is 4.90 Å². The van der Waals surface area contributed by atoms with Gasteiger partial charge in [0.05, 0.1) is 22.2 Å². The van der Waals surface area contributed by atoms with E-state index in [0.29, 0.717) is 0 Å². The van der Waals surface area contributed by atoms with E-state index >= 15 is 0 Å². The first kappa shape index (κ1) is 27.3. The van der Waals surface area contributed by atoms with Gasteiger partial charge in [-0.3, -0.25) is 0 Å². The molecule has 2 aromatic heterocycles. The number of aromatic nitrogens is 2. The molecule has 0 saturated heterocycles. The average molecular weight is 557 g/mol. The summed E-state index contributed by atoms with van der Waals surface area (Å²) in [6, 6.07) is 5.39. The van der Waals surface area contributed by atoms with Crippen molar-refractivity contribution < 1.29 is 52.7 Å². The maximum atomic E-state index is 13.4. The van der Waals surface area contributed by atoms with Crippen LogP contribution >= 0.6 is 0 Å². The van der Waals surface area contributed by atoms with Crippen LogP contribution in [0.4, 0.5) is 64.1 Å². The molecule has 0 saturated carbocycles. The summed E-state index contributed by atoms with van der Waals surface area (Å²) in [5, 5.41) is -1.29. The van der Waals surface area contributed by atoms with Crippen molar-refractivity contribution in [3.05, 3.63) is 71.0 Å². The zero-order valence-electron chi connectivity index (χ0n) is 18.5. The smallest absolute Gasteiger partial charge is 0.344 e. The predicted octanol–water partition coefficient (Wildman–Crippen LogP) is 8.63. The highest BCUT2D eigenvalue weighted by atomic mass is 19.4. The minimum Gasteiger partial charge on any atom is -0.344 e. The number of hydrogen-bond acceptors (Lipinski definition) is 3. The van der Waals surface area contributed by atoms with Crippen LogP contribution in [0.1, 0.15) is 22.5 Å². The summed E-state index contributed by atoms with van der Waals surface area (Å²) < 4.78 is 160. The molecule has 0 aliphatic rings. The Hall–Kier alpha value is -3.78. The van der Waals surface area contributed by atoms with Crippen LogP contribution in [0.5, 0.6) is 0 Å². The van der Waals surface area contributed by atoms with Gasteiger partial charge in [0.15, 0.2) is 0 Å². The Kier molecular flexibility index (Phi) is 6.19. The lowest BCUT2D eigenvalue weighted by Crippen LogP contribution is -2.15. The molecular weight excluding hydrogens is 546 g/mol. The number of rotatable bonds is 2. The van der Waals surface area contributed by atoms with E-state index in [2.05, 4.69) is 9.97 Å². The van der Waals surface area contributed by atoms with Gasteiger partial charge in [-0.25, -0.2) is 9.97 Å². The number of alkyl halides is 12. The predicted molar refractivity (Wildman–Crippen MR) is 112 cm³/mol. The third kappa shape index (κ3) is 5.13. The number of halogens is 12. The Morgan fingerprint density at radius 3 is 1.13 bits per heavy atom. The first-order chi connectivity index (χ1) is 17.3. The fourth-order valence-corrected chi connectivity index (χ4v) is 3.76. The molecule has 0 unspecified atom stereocenters. The maximum absolute atomic E-state index is 13.4. The van der Waals surface area contributed by atoms with Crippen molar-refractivity contribution in [3.63, 3.8) is 0 Å². The lowest BCUT2D eigenvalue weighted by molar-refractivity contribution is -0.146. The number of nitrogens with zero attached hydrogens (tertiary/aromatic N) is 3. The van der Waals surface area contributed by atoms with Gasteiger partial charge in [0, 0.05) is 29.2 Å². The average Bonchev–Trinajstić information content (AvgIpc) is 2.78. The summed E-state index contributed by atoms with van der Waals surface area (Å²) in [4.78, 5) is 7.67. The molecule has 4 rings (SSSR count). The molecule has 202 valence electrons. The van der Waals surface area contributed by atoms with Crippen molar-refractivity contribution in [1.82, 2.24) is 9.97 Å². The van der Waals surface area contributed by atoms with Crippen LogP contribution in [-0.2, 0) is 24.7 Å². The van der Waals surface area contributed by atoms with Gasteiger partial charge in [0.25, 0.3) is 0 Å². The Morgan fingerprint density at radius 1 is 0.500 bits per heavy atom. The second-order valence-corrected chi connectivity index (χ2v) is 8.06. The van der Waals surface area contributed by atoms with Crippen LogP contribution in [0.15, 0.2) is 48.5 Å². The normalized spacial score (nSPS) is 13.4. The lowest BCUT2D eigenvalue weighted by atomic mass is 10.0. The van der Waals surface area contributed by atoms with Gasteiger partial charge in [-0.15, -0.1) is 0 Å². The molecule has 38 heavy (non-hydrogen) atoms. The van der Waals surface area contributed by atoms with Crippen molar-refractivity contribution >= 4 is 33.2 Å². The zero-order chi connectivity index (χ0) is 28.4. The van der Waals surface area contributed by atoms with Crippen molar-refractivity contribution in [2.24, 2.45) is 0 Å². The van der Waals surface area contributed by atoms with E-state index in [0.717, 1.165) is 41.3 Å². The maximum Gasteiger partial charge on any atom is 0.433 e. The van der Waals surface area contributed by atoms with E-state index < -0.39 is 69.0 Å². The fraction of sp³-hybridized carbons (Fsp3) is 0.217. The van der Waals surface area contributed by atoms with E-state index in [1.807, 2.05) is 0 Å². The molecule has 2 aromatic carbocycles. The van der Waals surface area contributed by atoms with E-state index in [9.17, 15) is 52.7 Å². The van der Waals surface area contributed by atoms with Gasteiger partial charge in [0.2, 0.25) is 0 Å². The molecule has 0 bridgehead atoms.